The maximum atomic E-state index is 13.3. The van der Waals surface area contributed by atoms with Crippen molar-refractivity contribution in [1.29, 1.82) is 0 Å². The van der Waals surface area contributed by atoms with E-state index in [2.05, 4.69) is 29.7 Å². The minimum absolute atomic E-state index is 0.0557. The molecular formula is C22H26B2N6O2. The van der Waals surface area contributed by atoms with E-state index in [1.165, 1.54) is 13.3 Å². The van der Waals surface area contributed by atoms with Crippen LogP contribution in [0.15, 0.2) is 18.5 Å². The Labute approximate surface area is 188 Å². The zero-order chi connectivity index (χ0) is 22.8. The molecule has 0 N–H and O–H groups in total. The summed E-state index contributed by atoms with van der Waals surface area (Å²) >= 11 is 0. The lowest BCUT2D eigenvalue weighted by atomic mass is 9.49. The third-order valence-corrected chi connectivity index (χ3v) is 7.15. The predicted molar refractivity (Wildman–Crippen MR) is 125 cm³/mol. The molecule has 2 aliphatic rings. The van der Waals surface area contributed by atoms with E-state index in [-0.39, 0.29) is 23.7 Å². The van der Waals surface area contributed by atoms with Crippen molar-refractivity contribution in [1.82, 2.24) is 29.6 Å². The molecule has 0 aromatic carbocycles. The van der Waals surface area contributed by atoms with Crippen LogP contribution in [-0.4, -0.2) is 68.7 Å². The molecule has 0 bridgehead atoms. The third-order valence-electron chi connectivity index (χ3n) is 7.15. The van der Waals surface area contributed by atoms with Gasteiger partial charge in [0.15, 0.2) is 5.78 Å². The second-order valence-electron chi connectivity index (χ2n) is 9.53. The topological polar surface area (TPSA) is 93.9 Å². The van der Waals surface area contributed by atoms with Gasteiger partial charge in [0.25, 0.3) is 0 Å². The summed E-state index contributed by atoms with van der Waals surface area (Å²) < 4.78 is 1.66. The molecular weight excluding hydrogens is 402 g/mol. The lowest BCUT2D eigenvalue weighted by Gasteiger charge is -2.27. The van der Waals surface area contributed by atoms with E-state index < -0.39 is 0 Å². The molecule has 1 aliphatic carbocycles. The normalized spacial score (nSPS) is 23.9. The number of hydrogen-bond donors (Lipinski definition) is 0. The molecule has 3 aromatic rings. The number of fused-ring (bicyclic) bond motifs is 2. The van der Waals surface area contributed by atoms with Crippen molar-refractivity contribution in [3.63, 3.8) is 0 Å². The molecule has 5 rings (SSSR count). The molecule has 162 valence electrons. The van der Waals surface area contributed by atoms with Crippen LogP contribution in [0.1, 0.15) is 42.3 Å². The van der Waals surface area contributed by atoms with Crippen LogP contribution in [0, 0.1) is 25.2 Å². The summed E-state index contributed by atoms with van der Waals surface area (Å²) in [6.07, 6.45) is 4.66. The molecule has 3 aromatic heterocycles. The third kappa shape index (κ3) is 3.24. The van der Waals surface area contributed by atoms with Gasteiger partial charge in [0.05, 0.1) is 24.6 Å². The fraction of sp³-hybridized carbons (Fsp3) is 0.455. The SMILES string of the molecule is BBC1C2CC2(C)CN1C(=O)Cn1nc(C(C)=O)c2cc(-c3cnc(C)nc3)nc(C)c21. The van der Waals surface area contributed by atoms with E-state index in [1.54, 1.807) is 17.1 Å². The first-order valence-corrected chi connectivity index (χ1v) is 11.2. The molecule has 2 fully saturated rings. The number of amides is 1. The number of carbonyl (C=O) groups excluding carboxylic acids is 2. The number of hydrogen-bond acceptors (Lipinski definition) is 6. The first kappa shape index (κ1) is 20.8. The molecule has 3 atom stereocenters. The van der Waals surface area contributed by atoms with E-state index in [1.807, 2.05) is 24.8 Å². The molecule has 0 spiro atoms. The highest BCUT2D eigenvalue weighted by Gasteiger charge is 2.61. The highest BCUT2D eigenvalue weighted by Crippen LogP contribution is 2.60. The maximum absolute atomic E-state index is 13.3. The largest absolute Gasteiger partial charge is 0.346 e. The number of rotatable bonds is 5. The zero-order valence-electron chi connectivity index (χ0n) is 19.2. The molecule has 10 heteroatoms. The van der Waals surface area contributed by atoms with Crippen molar-refractivity contribution in [2.24, 2.45) is 11.3 Å². The number of nitrogens with zero attached hydrogens (tertiary/aromatic N) is 6. The average molecular weight is 428 g/mol. The summed E-state index contributed by atoms with van der Waals surface area (Å²) in [6, 6.07) is 1.85. The Bertz CT molecular complexity index is 1260. The lowest BCUT2D eigenvalue weighted by Crippen LogP contribution is -2.44. The second-order valence-corrected chi connectivity index (χ2v) is 9.53. The standard InChI is InChI=1S/C22H26B2N6O2/c1-11-20-15(5-17(27-11)14-7-25-13(3)26-8-14)19(12(2)31)28-30(20)9-18(32)29-10-22(4)6-16(22)21(29)24-23/h5,7-8,16,21,24H,6,9-10,23H2,1-4H3. The first-order chi connectivity index (χ1) is 15.2. The Hall–Kier alpha value is -3.03. The molecule has 3 unspecified atom stereocenters. The average Bonchev–Trinajstić information content (AvgIpc) is 3.12. The number of carbonyl (C=O) groups is 2. The van der Waals surface area contributed by atoms with Crippen LogP contribution in [0.5, 0.6) is 0 Å². The van der Waals surface area contributed by atoms with Crippen LogP contribution in [0.2, 0.25) is 0 Å². The molecule has 1 saturated carbocycles. The monoisotopic (exact) mass is 428 g/mol. The van der Waals surface area contributed by atoms with Gasteiger partial charge >= 0.3 is 0 Å². The molecule has 32 heavy (non-hydrogen) atoms. The van der Waals surface area contributed by atoms with Gasteiger partial charge in [-0.2, -0.15) is 5.10 Å². The smallest absolute Gasteiger partial charge is 0.243 e. The highest BCUT2D eigenvalue weighted by molar-refractivity contribution is 6.90. The van der Waals surface area contributed by atoms with Crippen molar-refractivity contribution in [2.45, 2.75) is 46.6 Å². The van der Waals surface area contributed by atoms with Crippen LogP contribution < -0.4 is 0 Å². The van der Waals surface area contributed by atoms with Gasteiger partial charge in [0.1, 0.15) is 25.2 Å². The fourth-order valence-electron chi connectivity index (χ4n) is 5.39. The molecule has 1 aliphatic heterocycles. The predicted octanol–water partition coefficient (Wildman–Crippen LogP) is 0.887. The van der Waals surface area contributed by atoms with Crippen LogP contribution in [0.25, 0.3) is 22.2 Å². The Balaban J connectivity index is 1.53. The summed E-state index contributed by atoms with van der Waals surface area (Å²) in [5.41, 5.74) is 3.53. The van der Waals surface area contributed by atoms with Crippen LogP contribution >= 0.6 is 0 Å². The van der Waals surface area contributed by atoms with Gasteiger partial charge in [-0.1, -0.05) is 6.92 Å². The van der Waals surface area contributed by atoms with Crippen molar-refractivity contribution in [2.75, 3.05) is 6.54 Å². The minimum Gasteiger partial charge on any atom is -0.346 e. The quantitative estimate of drug-likeness (QED) is 0.443. The molecule has 1 amide bonds. The number of ketones is 1. The lowest BCUT2D eigenvalue weighted by molar-refractivity contribution is -0.132. The van der Waals surface area contributed by atoms with Gasteiger partial charge in [0.2, 0.25) is 5.91 Å². The molecule has 4 heterocycles. The summed E-state index contributed by atoms with van der Waals surface area (Å²) in [6.45, 7) is 8.40. The van der Waals surface area contributed by atoms with Crippen LogP contribution in [0.3, 0.4) is 0 Å². The van der Waals surface area contributed by atoms with E-state index >= 15 is 0 Å². The van der Waals surface area contributed by atoms with Gasteiger partial charge in [-0.15, -0.1) is 0 Å². The van der Waals surface area contributed by atoms with E-state index in [4.69, 9.17) is 4.98 Å². The molecule has 0 radical (unpaired) electrons. The molecule has 1 saturated heterocycles. The summed E-state index contributed by atoms with van der Waals surface area (Å²) in [4.78, 5) is 40.9. The number of Topliss-reactive ketones (excluding diaryl/α,β-unsaturated/α-hetero) is 1. The first-order valence-electron chi connectivity index (χ1n) is 11.2. The Kier molecular flexibility index (Phi) is 4.72. The van der Waals surface area contributed by atoms with Gasteiger partial charge < -0.3 is 4.90 Å². The molecule has 8 nitrogen and oxygen atoms in total. The number of aromatic nitrogens is 5. The zero-order valence-corrected chi connectivity index (χ0v) is 19.2. The van der Waals surface area contributed by atoms with Gasteiger partial charge in [-0.05, 0) is 43.6 Å². The Morgan fingerprint density at radius 2 is 2.00 bits per heavy atom. The Morgan fingerprint density at radius 3 is 2.66 bits per heavy atom. The number of pyridine rings is 1. The van der Waals surface area contributed by atoms with Crippen molar-refractivity contribution in [3.05, 3.63) is 35.7 Å². The van der Waals surface area contributed by atoms with E-state index in [0.717, 1.165) is 24.8 Å². The van der Waals surface area contributed by atoms with Crippen LogP contribution in [-0.2, 0) is 11.3 Å². The summed E-state index contributed by atoms with van der Waals surface area (Å²) in [5.74, 6) is 1.51. The van der Waals surface area contributed by atoms with Crippen molar-refractivity contribution in [3.8, 4) is 11.3 Å². The summed E-state index contributed by atoms with van der Waals surface area (Å²) in [5, 5.41) is 5.26. The van der Waals surface area contributed by atoms with Gasteiger partial charge in [0, 0.05) is 36.8 Å². The highest BCUT2D eigenvalue weighted by atomic mass is 16.2. The van der Waals surface area contributed by atoms with Gasteiger partial charge in [-0.3, -0.25) is 19.3 Å². The van der Waals surface area contributed by atoms with E-state index in [0.29, 0.717) is 40.2 Å². The summed E-state index contributed by atoms with van der Waals surface area (Å²) in [7, 11) is 3.11. The van der Waals surface area contributed by atoms with Crippen molar-refractivity contribution < 1.29 is 9.59 Å². The second kappa shape index (κ2) is 7.25. The minimum atomic E-state index is -0.140. The van der Waals surface area contributed by atoms with Gasteiger partial charge in [-0.25, -0.2) is 9.97 Å². The number of likely N-dealkylation sites (tertiary alicyclic amines) is 1. The van der Waals surface area contributed by atoms with E-state index in [9.17, 15) is 9.59 Å². The number of piperidine rings is 1. The Morgan fingerprint density at radius 1 is 1.28 bits per heavy atom. The maximum Gasteiger partial charge on any atom is 0.243 e. The fourth-order valence-corrected chi connectivity index (χ4v) is 5.39. The van der Waals surface area contributed by atoms with Crippen LogP contribution in [0.4, 0.5) is 0 Å². The van der Waals surface area contributed by atoms with Crippen molar-refractivity contribution >= 4 is 37.5 Å². The number of aryl methyl sites for hydroxylation is 2.